The first-order chi connectivity index (χ1) is 6.79. The highest BCUT2D eigenvalue weighted by Gasteiger charge is 2.13. The fourth-order valence-electron chi connectivity index (χ4n) is 1.29. The molecule has 3 nitrogen and oxygen atoms in total. The van der Waals surface area contributed by atoms with Crippen LogP contribution >= 0.6 is 0 Å². The van der Waals surface area contributed by atoms with Crippen LogP contribution in [0.4, 0.5) is 0 Å². The van der Waals surface area contributed by atoms with Crippen LogP contribution in [0.2, 0.25) is 0 Å². The lowest BCUT2D eigenvalue weighted by atomic mass is 10.1. The first kappa shape index (κ1) is 9.06. The molecule has 73 valence electrons. The topological polar surface area (TPSA) is 35.5 Å². The number of fused-ring (bicyclic) bond motifs is 1. The Morgan fingerprint density at radius 1 is 1.43 bits per heavy atom. The molecule has 0 aromatic heterocycles. The van der Waals surface area contributed by atoms with Crippen LogP contribution in [-0.4, -0.2) is 12.6 Å². The molecule has 0 saturated heterocycles. The second kappa shape index (κ2) is 3.70. The molecule has 2 rings (SSSR count). The van der Waals surface area contributed by atoms with Gasteiger partial charge in [-0.3, -0.25) is 4.79 Å². The van der Waals surface area contributed by atoms with Crippen LogP contribution in [0.25, 0.3) is 0 Å². The van der Waals surface area contributed by atoms with Crippen molar-refractivity contribution in [2.75, 3.05) is 6.79 Å². The molecular formula is C11H11O3. The van der Waals surface area contributed by atoms with Crippen LogP contribution in [0, 0.1) is 6.42 Å². The van der Waals surface area contributed by atoms with Gasteiger partial charge in [0, 0.05) is 6.42 Å². The first-order valence-electron chi connectivity index (χ1n) is 4.57. The quantitative estimate of drug-likeness (QED) is 0.732. The van der Waals surface area contributed by atoms with Crippen LogP contribution in [0.5, 0.6) is 11.5 Å². The largest absolute Gasteiger partial charge is 0.454 e. The molecule has 0 bridgehead atoms. The summed E-state index contributed by atoms with van der Waals surface area (Å²) in [5, 5.41) is 0. The minimum atomic E-state index is 0.115. The molecule has 1 aliphatic rings. The van der Waals surface area contributed by atoms with Gasteiger partial charge in [-0.1, -0.05) is 13.0 Å². The summed E-state index contributed by atoms with van der Waals surface area (Å²) in [7, 11) is 0. The van der Waals surface area contributed by atoms with Gasteiger partial charge in [0.05, 0.1) is 6.42 Å². The second-order valence-corrected chi connectivity index (χ2v) is 3.08. The van der Waals surface area contributed by atoms with E-state index >= 15 is 0 Å². The number of ether oxygens (including phenoxy) is 2. The summed E-state index contributed by atoms with van der Waals surface area (Å²) in [6, 6.07) is 5.48. The van der Waals surface area contributed by atoms with Crippen LogP contribution < -0.4 is 9.47 Å². The monoisotopic (exact) mass is 191 g/mol. The Morgan fingerprint density at radius 2 is 2.21 bits per heavy atom. The molecular weight excluding hydrogens is 180 g/mol. The van der Waals surface area contributed by atoms with E-state index in [0.717, 1.165) is 11.3 Å². The van der Waals surface area contributed by atoms with Gasteiger partial charge in [-0.05, 0) is 17.7 Å². The zero-order valence-corrected chi connectivity index (χ0v) is 7.95. The predicted molar refractivity (Wildman–Crippen MR) is 51.3 cm³/mol. The van der Waals surface area contributed by atoms with Gasteiger partial charge < -0.3 is 9.47 Å². The zero-order valence-electron chi connectivity index (χ0n) is 7.95. The minimum absolute atomic E-state index is 0.115. The van der Waals surface area contributed by atoms with Crippen molar-refractivity contribution in [2.24, 2.45) is 0 Å². The van der Waals surface area contributed by atoms with E-state index in [2.05, 4.69) is 0 Å². The summed E-state index contributed by atoms with van der Waals surface area (Å²) in [6.45, 7) is 2.10. The van der Waals surface area contributed by atoms with Crippen LogP contribution in [0.1, 0.15) is 18.9 Å². The van der Waals surface area contributed by atoms with Gasteiger partial charge in [-0.15, -0.1) is 0 Å². The Kier molecular flexibility index (Phi) is 2.39. The van der Waals surface area contributed by atoms with Crippen LogP contribution in [-0.2, 0) is 4.79 Å². The third-order valence-electron chi connectivity index (χ3n) is 2.07. The average molecular weight is 191 g/mol. The van der Waals surface area contributed by atoms with E-state index in [0.29, 0.717) is 12.2 Å². The third kappa shape index (κ3) is 1.71. The molecule has 1 aliphatic heterocycles. The molecule has 0 atom stereocenters. The van der Waals surface area contributed by atoms with Crippen molar-refractivity contribution in [2.45, 2.75) is 13.3 Å². The summed E-state index contributed by atoms with van der Waals surface area (Å²) in [4.78, 5) is 11.2. The number of carbonyl (C=O) groups is 1. The molecule has 0 spiro atoms. The summed E-state index contributed by atoms with van der Waals surface area (Å²) >= 11 is 0. The van der Waals surface area contributed by atoms with E-state index < -0.39 is 0 Å². The van der Waals surface area contributed by atoms with Crippen molar-refractivity contribution in [3.05, 3.63) is 30.2 Å². The van der Waals surface area contributed by atoms with Crippen molar-refractivity contribution in [3.8, 4) is 11.5 Å². The van der Waals surface area contributed by atoms with E-state index in [-0.39, 0.29) is 12.6 Å². The highest BCUT2D eigenvalue weighted by atomic mass is 16.7. The Hall–Kier alpha value is -1.51. The van der Waals surface area contributed by atoms with E-state index in [4.69, 9.17) is 9.47 Å². The Balaban J connectivity index is 2.16. The smallest absolute Gasteiger partial charge is 0.231 e. The Morgan fingerprint density at radius 3 is 3.00 bits per heavy atom. The lowest BCUT2D eigenvalue weighted by Gasteiger charge is -2.00. The Labute approximate surface area is 82.6 Å². The number of ketones is 1. The van der Waals surface area contributed by atoms with Gasteiger partial charge in [0.25, 0.3) is 0 Å². The lowest BCUT2D eigenvalue weighted by molar-refractivity contribution is -0.115. The van der Waals surface area contributed by atoms with Crippen molar-refractivity contribution in [1.29, 1.82) is 0 Å². The van der Waals surface area contributed by atoms with Gasteiger partial charge in [0.2, 0.25) is 6.79 Å². The fraction of sp³-hybridized carbons (Fsp3) is 0.273. The predicted octanol–water partition coefficient (Wildman–Crippen LogP) is 1.95. The molecule has 0 N–H and O–H groups in total. The molecule has 1 radical (unpaired) electrons. The van der Waals surface area contributed by atoms with E-state index in [1.165, 1.54) is 0 Å². The summed E-state index contributed by atoms with van der Waals surface area (Å²) < 4.78 is 10.4. The maximum absolute atomic E-state index is 11.2. The molecule has 0 fully saturated rings. The van der Waals surface area contributed by atoms with Crippen molar-refractivity contribution >= 4 is 5.78 Å². The van der Waals surface area contributed by atoms with Crippen molar-refractivity contribution in [3.63, 3.8) is 0 Å². The molecule has 1 aromatic rings. The van der Waals surface area contributed by atoms with Gasteiger partial charge in [-0.2, -0.15) is 0 Å². The van der Waals surface area contributed by atoms with Crippen LogP contribution in [0.15, 0.2) is 18.2 Å². The fourth-order valence-corrected chi connectivity index (χ4v) is 1.29. The number of benzene rings is 1. The normalized spacial score (nSPS) is 12.9. The summed E-state index contributed by atoms with van der Waals surface area (Å²) in [5.74, 6) is 1.57. The van der Waals surface area contributed by atoms with Gasteiger partial charge in [0.15, 0.2) is 11.5 Å². The summed E-state index contributed by atoms with van der Waals surface area (Å²) in [5.41, 5.74) is 0.862. The second-order valence-electron chi connectivity index (χ2n) is 3.08. The number of hydrogen-bond acceptors (Lipinski definition) is 3. The van der Waals surface area contributed by atoms with Gasteiger partial charge >= 0.3 is 0 Å². The van der Waals surface area contributed by atoms with E-state index in [1.54, 1.807) is 6.42 Å². The maximum Gasteiger partial charge on any atom is 0.231 e. The maximum atomic E-state index is 11.2. The van der Waals surface area contributed by atoms with Gasteiger partial charge in [0.1, 0.15) is 5.78 Å². The standard InChI is InChI=1S/C11H11O3/c1-2-9(12)5-8-3-4-10-11(6-8)14-7-13-10/h3-6H,2,7H2,1H3. The number of rotatable bonds is 3. The first-order valence-corrected chi connectivity index (χ1v) is 4.57. The third-order valence-corrected chi connectivity index (χ3v) is 2.07. The molecule has 0 saturated carbocycles. The Bertz CT molecular complexity index is 358. The number of hydrogen-bond donors (Lipinski definition) is 0. The molecule has 1 heterocycles. The highest BCUT2D eigenvalue weighted by Crippen LogP contribution is 2.32. The SMILES string of the molecule is CCC(=O)[CH]c1ccc2c(c1)OCO2. The van der Waals surface area contributed by atoms with E-state index in [1.807, 2.05) is 25.1 Å². The zero-order chi connectivity index (χ0) is 9.97. The number of Topliss-reactive ketones (excluding diaryl/α,β-unsaturated/α-hetero) is 1. The van der Waals surface area contributed by atoms with Crippen molar-refractivity contribution < 1.29 is 14.3 Å². The van der Waals surface area contributed by atoms with E-state index in [9.17, 15) is 4.79 Å². The minimum Gasteiger partial charge on any atom is -0.454 e. The van der Waals surface area contributed by atoms with Crippen LogP contribution in [0.3, 0.4) is 0 Å². The molecule has 0 amide bonds. The lowest BCUT2D eigenvalue weighted by Crippen LogP contribution is -1.96. The van der Waals surface area contributed by atoms with Crippen molar-refractivity contribution in [1.82, 2.24) is 0 Å². The summed E-state index contributed by atoms with van der Waals surface area (Å²) in [6.07, 6.45) is 2.14. The average Bonchev–Trinajstić information content (AvgIpc) is 2.64. The molecule has 14 heavy (non-hydrogen) atoms. The molecule has 0 unspecified atom stereocenters. The molecule has 0 aliphatic carbocycles. The number of carbonyl (C=O) groups excluding carboxylic acids is 1. The molecule has 1 aromatic carbocycles. The van der Waals surface area contributed by atoms with Gasteiger partial charge in [-0.25, -0.2) is 0 Å². The highest BCUT2D eigenvalue weighted by molar-refractivity contribution is 5.90. The molecule has 3 heteroatoms.